The minimum Gasteiger partial charge on any atom is -0.460 e. The zero-order valence-corrected chi connectivity index (χ0v) is 14.0. The topological polar surface area (TPSA) is 115 Å². The first kappa shape index (κ1) is 15.6. The lowest BCUT2D eigenvalue weighted by molar-refractivity contribution is -0.277. The lowest BCUT2D eigenvalue weighted by atomic mass is 9.99. The number of aromatic amines is 1. The van der Waals surface area contributed by atoms with E-state index in [0.29, 0.717) is 20.4 Å². The molecule has 1 aromatic heterocycles. The molecule has 23 heavy (non-hydrogen) atoms. The van der Waals surface area contributed by atoms with Gasteiger partial charge in [0.05, 0.1) is 22.5 Å². The van der Waals surface area contributed by atoms with Gasteiger partial charge in [-0.25, -0.2) is 0 Å². The number of aliphatic hydroxyl groups excluding tert-OH is 4. The summed E-state index contributed by atoms with van der Waals surface area (Å²) in [6.45, 7) is -0.558. The van der Waals surface area contributed by atoms with Gasteiger partial charge in [0, 0.05) is 10.7 Å². The number of H-pyrrole nitrogens is 1. The van der Waals surface area contributed by atoms with E-state index in [0.717, 1.165) is 4.98 Å². The minimum atomic E-state index is -1.55. The zero-order valence-electron chi connectivity index (χ0n) is 12.6. The number of rotatable bonds is 3. The number of halogens is 2. The molecule has 126 valence electrons. The highest BCUT2D eigenvalue weighted by Crippen LogP contribution is 2.38. The molecule has 1 saturated heterocycles. The molecule has 1 unspecified atom stereocenters. The van der Waals surface area contributed by atoms with E-state index in [9.17, 15) is 20.4 Å². The summed E-state index contributed by atoms with van der Waals surface area (Å²) in [6, 6.07) is 3.35. The van der Waals surface area contributed by atoms with Crippen molar-refractivity contribution in [2.45, 2.75) is 30.7 Å². The Bertz CT molecular complexity index is 756. The van der Waals surface area contributed by atoms with Gasteiger partial charge in [-0.3, -0.25) is 0 Å². The van der Waals surface area contributed by atoms with Crippen LogP contribution in [0.1, 0.15) is 0 Å². The summed E-state index contributed by atoms with van der Waals surface area (Å²) in [7, 11) is 0. The normalized spacial score (nSPS) is 32.1. The van der Waals surface area contributed by atoms with Crippen molar-refractivity contribution in [3.8, 4) is 5.75 Å². The first-order valence-electron chi connectivity index (χ1n) is 7.25. The number of benzene rings is 1. The Labute approximate surface area is 146 Å². The minimum absolute atomic E-state index is 0.163. The Balaban J connectivity index is 1.96. The molecule has 0 amide bonds. The number of aliphatic hydroxyl groups is 4. The molecule has 0 spiro atoms. The van der Waals surface area contributed by atoms with Crippen molar-refractivity contribution >= 4 is 38.4 Å². The van der Waals surface area contributed by atoms with Crippen LogP contribution < -0.4 is 4.74 Å². The van der Waals surface area contributed by atoms with E-state index in [1.807, 2.05) is 0 Å². The maximum atomic E-state index is 10.0. The second-order valence-electron chi connectivity index (χ2n) is 5.19. The molecule has 2 heterocycles. The predicted molar refractivity (Wildman–Crippen MR) is 85.4 cm³/mol. The summed E-state index contributed by atoms with van der Waals surface area (Å²) in [5.41, 5.74) is 0.475. The Morgan fingerprint density at radius 2 is 2.04 bits per heavy atom. The maximum absolute atomic E-state index is 10.0. The van der Waals surface area contributed by atoms with Gasteiger partial charge in [-0.15, -0.1) is 0 Å². The lowest BCUT2D eigenvalue weighted by Gasteiger charge is -2.39. The van der Waals surface area contributed by atoms with Crippen molar-refractivity contribution in [3.05, 3.63) is 27.8 Å². The molecule has 9 heteroatoms. The predicted octanol–water partition coefficient (Wildman–Crippen LogP) is 0.762. The van der Waals surface area contributed by atoms with Gasteiger partial charge in [-0.05, 0) is 28.1 Å². The third-order valence-corrected chi connectivity index (χ3v) is 5.01. The van der Waals surface area contributed by atoms with Crippen molar-refractivity contribution in [1.82, 2.24) is 4.98 Å². The van der Waals surface area contributed by atoms with Crippen LogP contribution in [0.25, 0.3) is 10.9 Å². The highest BCUT2D eigenvalue weighted by molar-refractivity contribution is 9.10. The Morgan fingerprint density at radius 3 is 2.74 bits per heavy atom. The summed E-state index contributed by atoms with van der Waals surface area (Å²) in [5, 5.41) is 39.6. The molecule has 1 aliphatic rings. The van der Waals surface area contributed by atoms with Crippen LogP contribution in [0.5, 0.6) is 5.75 Å². The fraction of sp³-hybridized carbons (Fsp3) is 0.429. The van der Waals surface area contributed by atoms with Gasteiger partial charge in [-0.1, -0.05) is 11.6 Å². The molecule has 5 atom stereocenters. The van der Waals surface area contributed by atoms with E-state index in [1.165, 1.54) is 6.20 Å². The molecular weight excluding hydrogens is 394 g/mol. The van der Waals surface area contributed by atoms with Crippen LogP contribution in [0.15, 0.2) is 22.8 Å². The number of ether oxygens (including phenoxy) is 2. The van der Waals surface area contributed by atoms with Crippen LogP contribution in [0, 0.1) is 0 Å². The van der Waals surface area contributed by atoms with Crippen LogP contribution in [0.3, 0.4) is 0 Å². The first-order valence-corrected chi connectivity index (χ1v) is 7.97. The summed E-state index contributed by atoms with van der Waals surface area (Å²) in [4.78, 5) is 1.05. The fourth-order valence-electron chi connectivity index (χ4n) is 2.45. The molecule has 0 radical (unpaired) electrons. The largest absolute Gasteiger partial charge is 0.460 e. The second kappa shape index (κ2) is 6.56. The number of aromatic nitrogens is 1. The Kier molecular flexibility index (Phi) is 4.46. The van der Waals surface area contributed by atoms with Gasteiger partial charge < -0.3 is 34.9 Å². The van der Waals surface area contributed by atoms with E-state index < -0.39 is 37.3 Å². The third-order valence-electron chi connectivity index (χ3n) is 3.73. The summed E-state index contributed by atoms with van der Waals surface area (Å²) in [5.74, 6) is 0.163. The lowest BCUT2D eigenvalue weighted by Crippen LogP contribution is -2.60. The maximum Gasteiger partial charge on any atom is 0.229 e. The number of nitrogens with one attached hydrogen (secondary N) is 1. The van der Waals surface area contributed by atoms with Crippen molar-refractivity contribution in [2.75, 3.05) is 6.61 Å². The number of hydrogen-bond donors (Lipinski definition) is 5. The zero-order chi connectivity index (χ0) is 17.6. The van der Waals surface area contributed by atoms with Gasteiger partial charge >= 0.3 is 0 Å². The van der Waals surface area contributed by atoms with Crippen LogP contribution in [0.2, 0.25) is 6.43 Å². The van der Waals surface area contributed by atoms with E-state index in [2.05, 4.69) is 15.9 Å². The molecule has 1 aliphatic heterocycles. The molecule has 2 aromatic rings. The highest BCUT2D eigenvalue weighted by atomic mass is 79.9. The van der Waals surface area contributed by atoms with E-state index >= 15 is 0 Å². The SMILES string of the molecule is [2H]n1cc(OC2O[C@H](CO)[C@@H](O)[C@H](O)[C@H]2O)c2c(Cl)c(Br)ccc21. The fourth-order valence-corrected chi connectivity index (χ4v) is 3.04. The van der Waals surface area contributed by atoms with E-state index in [1.54, 1.807) is 12.1 Å². The van der Waals surface area contributed by atoms with Crippen molar-refractivity contribution < 1.29 is 31.3 Å². The molecule has 0 aliphatic carbocycles. The van der Waals surface area contributed by atoms with E-state index in [4.69, 9.17) is 22.5 Å². The number of hydrogen-bond acceptors (Lipinski definition) is 6. The quantitative estimate of drug-likeness (QED) is 0.511. The standard InChI is InChI=1S/C14H15BrClNO6/c15-5-1-2-6-9(10(5)16)7(3-17-6)22-14-13(21)12(20)11(19)8(4-18)23-14/h1-3,8,11-14,17-21H,4H2/t8-,11-,12+,13-,14?/m1/s1/i/hD. The van der Waals surface area contributed by atoms with Crippen LogP contribution in [-0.4, -0.2) is 62.7 Å². The molecule has 0 saturated carbocycles. The molecule has 7 nitrogen and oxygen atoms in total. The number of fused-ring (bicyclic) bond motifs is 1. The molecule has 1 fully saturated rings. The molecule has 1 aromatic carbocycles. The van der Waals surface area contributed by atoms with Crippen LogP contribution in [0.4, 0.5) is 0 Å². The van der Waals surface area contributed by atoms with Gasteiger partial charge in [0.1, 0.15) is 30.2 Å². The molecular formula is C14H15BrClNO6. The Morgan fingerprint density at radius 1 is 1.30 bits per heavy atom. The van der Waals surface area contributed by atoms with Crippen molar-refractivity contribution in [2.24, 2.45) is 0 Å². The molecule has 0 bridgehead atoms. The average Bonchev–Trinajstić information content (AvgIpc) is 2.87. The summed E-state index contributed by atoms with van der Waals surface area (Å²) in [6.07, 6.45) is -5.66. The second-order valence-corrected chi connectivity index (χ2v) is 6.43. The highest BCUT2D eigenvalue weighted by Gasteiger charge is 2.44. The van der Waals surface area contributed by atoms with Crippen molar-refractivity contribution in [1.29, 1.82) is 0 Å². The summed E-state index contributed by atoms with van der Waals surface area (Å²) < 4.78 is 19.4. The van der Waals surface area contributed by atoms with Gasteiger partial charge in [0.15, 0.2) is 1.41 Å². The van der Waals surface area contributed by atoms with Crippen LogP contribution in [-0.2, 0) is 4.74 Å². The first-order chi connectivity index (χ1) is 11.3. The van der Waals surface area contributed by atoms with Gasteiger partial charge in [0.25, 0.3) is 0 Å². The van der Waals surface area contributed by atoms with Crippen molar-refractivity contribution in [3.63, 3.8) is 0 Å². The monoisotopic (exact) mass is 408 g/mol. The molecule has 3 rings (SSSR count). The van der Waals surface area contributed by atoms with Crippen LogP contribution >= 0.6 is 27.5 Å². The summed E-state index contributed by atoms with van der Waals surface area (Å²) >= 11 is 9.54. The van der Waals surface area contributed by atoms with Gasteiger partial charge in [-0.2, -0.15) is 0 Å². The average molecular weight is 410 g/mol. The van der Waals surface area contributed by atoms with Gasteiger partial charge in [0.2, 0.25) is 6.29 Å². The smallest absolute Gasteiger partial charge is 0.229 e. The third kappa shape index (κ3) is 2.96. The molecule has 5 N–H and O–H groups in total. The Hall–Kier alpha value is -0.870. The van der Waals surface area contributed by atoms with E-state index in [-0.39, 0.29) is 5.75 Å².